The van der Waals surface area contributed by atoms with Crippen LogP contribution in [0.25, 0.3) is 0 Å². The number of methoxy groups -OCH3 is 1. The number of benzene rings is 2. The lowest BCUT2D eigenvalue weighted by Crippen LogP contribution is -2.40. The maximum Gasteiger partial charge on any atom is 0.324 e. The lowest BCUT2D eigenvalue weighted by atomic mass is 10.2. The van der Waals surface area contributed by atoms with Crippen LogP contribution in [0.15, 0.2) is 54.6 Å². The van der Waals surface area contributed by atoms with Crippen LogP contribution in [-0.2, 0) is 13.1 Å². The van der Waals surface area contributed by atoms with E-state index in [4.69, 9.17) is 4.74 Å². The van der Waals surface area contributed by atoms with Crippen molar-refractivity contribution in [2.24, 2.45) is 0 Å². The van der Waals surface area contributed by atoms with Crippen molar-refractivity contribution in [2.75, 3.05) is 12.4 Å². The number of hydrogen-bond acceptors (Lipinski definition) is 5. The molecule has 0 aliphatic carbocycles. The number of rotatable bonds is 4. The Morgan fingerprint density at radius 3 is 2.37 bits per heavy atom. The Bertz CT molecular complexity index is 1090. The standard InChI is InChI=1S/C21H19N5O4/c1-30-15-9-7-14(8-10-15)19(27)22-18-16-11-26(12-17(16)24-25-18)21(29)23-20(28)13-5-3-2-4-6-13/h2-10H,11-12H2,1H3,(H,23,28,29)(H2,22,24,25,27). The first kappa shape index (κ1) is 19.2. The Balaban J connectivity index is 1.40. The van der Waals surface area contributed by atoms with E-state index in [1.807, 2.05) is 0 Å². The molecule has 9 nitrogen and oxygen atoms in total. The molecule has 0 spiro atoms. The number of imide groups is 1. The van der Waals surface area contributed by atoms with Crippen LogP contribution in [0.2, 0.25) is 0 Å². The molecule has 0 atom stereocenters. The molecule has 3 N–H and O–H groups in total. The third-order valence-electron chi connectivity index (χ3n) is 4.78. The van der Waals surface area contributed by atoms with Crippen molar-refractivity contribution < 1.29 is 19.1 Å². The fraction of sp³-hybridized carbons (Fsp3) is 0.143. The third-order valence-corrected chi connectivity index (χ3v) is 4.78. The second kappa shape index (κ2) is 8.08. The highest BCUT2D eigenvalue weighted by Gasteiger charge is 2.30. The van der Waals surface area contributed by atoms with Gasteiger partial charge >= 0.3 is 6.03 Å². The van der Waals surface area contributed by atoms with Crippen molar-refractivity contribution in [3.8, 4) is 5.75 Å². The number of aromatic nitrogens is 2. The molecule has 1 aliphatic heterocycles. The van der Waals surface area contributed by atoms with E-state index in [9.17, 15) is 14.4 Å². The molecule has 30 heavy (non-hydrogen) atoms. The molecular formula is C21H19N5O4. The zero-order valence-electron chi connectivity index (χ0n) is 16.1. The SMILES string of the molecule is COc1ccc(C(=O)Nc2[nH]nc3c2CN(C(=O)NC(=O)c2ccccc2)C3)cc1. The molecule has 0 saturated heterocycles. The summed E-state index contributed by atoms with van der Waals surface area (Å²) in [6, 6.07) is 14.7. The summed E-state index contributed by atoms with van der Waals surface area (Å²) in [5.74, 6) is 0.294. The molecule has 0 fully saturated rings. The Kier molecular flexibility index (Phi) is 5.17. The van der Waals surface area contributed by atoms with Gasteiger partial charge in [0.1, 0.15) is 11.6 Å². The number of nitrogens with zero attached hydrogens (tertiary/aromatic N) is 2. The number of aromatic amines is 1. The van der Waals surface area contributed by atoms with E-state index >= 15 is 0 Å². The number of anilines is 1. The van der Waals surface area contributed by atoms with Gasteiger partial charge in [0.05, 0.1) is 25.9 Å². The van der Waals surface area contributed by atoms with Crippen LogP contribution >= 0.6 is 0 Å². The summed E-state index contributed by atoms with van der Waals surface area (Å²) in [4.78, 5) is 38.6. The average molecular weight is 405 g/mol. The van der Waals surface area contributed by atoms with Gasteiger partial charge in [0, 0.05) is 16.7 Å². The van der Waals surface area contributed by atoms with Gasteiger partial charge in [-0.1, -0.05) is 18.2 Å². The Morgan fingerprint density at radius 1 is 0.967 bits per heavy atom. The molecule has 152 valence electrons. The van der Waals surface area contributed by atoms with Crippen molar-refractivity contribution in [2.45, 2.75) is 13.1 Å². The molecule has 4 rings (SSSR count). The summed E-state index contributed by atoms with van der Waals surface area (Å²) < 4.78 is 5.09. The molecule has 1 aliphatic rings. The van der Waals surface area contributed by atoms with Crippen LogP contribution in [0.3, 0.4) is 0 Å². The lowest BCUT2D eigenvalue weighted by molar-refractivity contribution is 0.0950. The van der Waals surface area contributed by atoms with Crippen molar-refractivity contribution >= 4 is 23.7 Å². The zero-order chi connectivity index (χ0) is 21.1. The maximum absolute atomic E-state index is 12.5. The second-order valence-electron chi connectivity index (χ2n) is 6.69. The average Bonchev–Trinajstić information content (AvgIpc) is 3.36. The first-order chi connectivity index (χ1) is 14.5. The van der Waals surface area contributed by atoms with E-state index < -0.39 is 11.9 Å². The zero-order valence-corrected chi connectivity index (χ0v) is 16.1. The summed E-state index contributed by atoms with van der Waals surface area (Å²) in [5, 5.41) is 12.1. The van der Waals surface area contributed by atoms with E-state index in [2.05, 4.69) is 20.8 Å². The third kappa shape index (κ3) is 3.86. The van der Waals surface area contributed by atoms with E-state index in [0.29, 0.717) is 34.0 Å². The van der Waals surface area contributed by atoms with Crippen LogP contribution in [0.4, 0.5) is 10.6 Å². The smallest absolute Gasteiger partial charge is 0.324 e. The van der Waals surface area contributed by atoms with Gasteiger partial charge in [-0.25, -0.2) is 4.79 Å². The number of carbonyl (C=O) groups is 3. The minimum atomic E-state index is -0.519. The number of amides is 4. The summed E-state index contributed by atoms with van der Waals surface area (Å²) in [7, 11) is 1.55. The van der Waals surface area contributed by atoms with Crippen molar-refractivity contribution in [3.05, 3.63) is 77.0 Å². The fourth-order valence-electron chi connectivity index (χ4n) is 3.14. The summed E-state index contributed by atoms with van der Waals surface area (Å²) in [5.41, 5.74) is 2.21. The lowest BCUT2D eigenvalue weighted by Gasteiger charge is -2.16. The van der Waals surface area contributed by atoms with Gasteiger partial charge in [0.25, 0.3) is 11.8 Å². The van der Waals surface area contributed by atoms with Crippen LogP contribution in [0, 0.1) is 0 Å². The largest absolute Gasteiger partial charge is 0.497 e. The van der Waals surface area contributed by atoms with Crippen LogP contribution in [-0.4, -0.2) is 40.1 Å². The molecule has 1 aromatic heterocycles. The summed E-state index contributed by atoms with van der Waals surface area (Å²) >= 11 is 0. The van der Waals surface area contributed by atoms with Crippen LogP contribution < -0.4 is 15.4 Å². The van der Waals surface area contributed by atoms with Crippen molar-refractivity contribution in [3.63, 3.8) is 0 Å². The van der Waals surface area contributed by atoms with E-state index in [-0.39, 0.29) is 19.0 Å². The van der Waals surface area contributed by atoms with Crippen LogP contribution in [0.5, 0.6) is 5.75 Å². The highest BCUT2D eigenvalue weighted by Crippen LogP contribution is 2.27. The molecule has 2 heterocycles. The Hall–Kier alpha value is -4.14. The molecular weight excluding hydrogens is 386 g/mol. The fourth-order valence-corrected chi connectivity index (χ4v) is 3.14. The summed E-state index contributed by atoms with van der Waals surface area (Å²) in [6.45, 7) is 0.454. The van der Waals surface area contributed by atoms with Crippen LogP contribution in [0.1, 0.15) is 32.0 Å². The molecule has 2 aromatic carbocycles. The topological polar surface area (TPSA) is 116 Å². The van der Waals surface area contributed by atoms with Gasteiger partial charge in [-0.2, -0.15) is 5.10 Å². The van der Waals surface area contributed by atoms with Gasteiger partial charge in [0.15, 0.2) is 0 Å². The van der Waals surface area contributed by atoms with Crippen molar-refractivity contribution in [1.29, 1.82) is 0 Å². The second-order valence-corrected chi connectivity index (χ2v) is 6.69. The summed E-state index contributed by atoms with van der Waals surface area (Å²) in [6.07, 6.45) is 0. The number of ether oxygens (including phenoxy) is 1. The Morgan fingerprint density at radius 2 is 1.67 bits per heavy atom. The first-order valence-electron chi connectivity index (χ1n) is 9.22. The highest BCUT2D eigenvalue weighted by molar-refractivity contribution is 6.05. The number of urea groups is 1. The highest BCUT2D eigenvalue weighted by atomic mass is 16.5. The molecule has 3 aromatic rings. The van der Waals surface area contributed by atoms with E-state index in [1.165, 1.54) is 4.90 Å². The molecule has 0 bridgehead atoms. The predicted octanol–water partition coefficient (Wildman–Crippen LogP) is 2.54. The first-order valence-corrected chi connectivity index (χ1v) is 9.22. The van der Waals surface area contributed by atoms with Gasteiger partial charge < -0.3 is 15.0 Å². The predicted molar refractivity (Wildman–Crippen MR) is 108 cm³/mol. The molecule has 4 amide bonds. The van der Waals surface area contributed by atoms with Gasteiger partial charge in [0.2, 0.25) is 0 Å². The number of nitrogens with one attached hydrogen (secondary N) is 3. The van der Waals surface area contributed by atoms with E-state index in [1.54, 1.807) is 61.7 Å². The van der Waals surface area contributed by atoms with E-state index in [0.717, 1.165) is 0 Å². The monoisotopic (exact) mass is 405 g/mol. The number of H-pyrrole nitrogens is 1. The quantitative estimate of drug-likeness (QED) is 0.617. The minimum absolute atomic E-state index is 0.220. The normalized spacial score (nSPS) is 12.2. The van der Waals surface area contributed by atoms with Gasteiger partial charge in [-0.15, -0.1) is 0 Å². The number of carbonyl (C=O) groups excluding carboxylic acids is 3. The minimum Gasteiger partial charge on any atom is -0.497 e. The van der Waals surface area contributed by atoms with Gasteiger partial charge in [-0.05, 0) is 36.4 Å². The molecule has 9 heteroatoms. The number of fused-ring (bicyclic) bond motifs is 1. The maximum atomic E-state index is 12.5. The number of hydrogen-bond donors (Lipinski definition) is 3. The molecule has 0 radical (unpaired) electrons. The van der Waals surface area contributed by atoms with Crippen molar-refractivity contribution in [1.82, 2.24) is 20.4 Å². The Labute approximate surface area is 172 Å². The van der Waals surface area contributed by atoms with Gasteiger partial charge in [-0.3, -0.25) is 20.0 Å². The molecule has 0 saturated carbocycles. The molecule has 0 unspecified atom stereocenters.